The summed E-state index contributed by atoms with van der Waals surface area (Å²) in [6.07, 6.45) is 0. The van der Waals surface area contributed by atoms with E-state index in [-0.39, 0.29) is 5.60 Å². The normalized spacial score (nSPS) is 12.0. The molecule has 0 atom stereocenters. The minimum Gasteiger partial charge on any atom is -0.374 e. The van der Waals surface area contributed by atoms with Crippen molar-refractivity contribution in [3.63, 3.8) is 0 Å². The van der Waals surface area contributed by atoms with Crippen molar-refractivity contribution in [1.82, 2.24) is 5.32 Å². The number of hydrogen-bond donors (Lipinski definition) is 1. The molecule has 1 rings (SSSR count). The lowest BCUT2D eigenvalue weighted by Gasteiger charge is -2.19. The first-order valence-corrected chi connectivity index (χ1v) is 6.77. The minimum absolute atomic E-state index is 0.0771. The van der Waals surface area contributed by atoms with Gasteiger partial charge in [-0.15, -0.1) is 11.3 Å². The molecule has 1 N–H and O–H groups in total. The predicted octanol–water partition coefficient (Wildman–Crippen LogP) is 2.80. The molecular formula is C13H23NO2S. The van der Waals surface area contributed by atoms with Crippen molar-refractivity contribution < 1.29 is 9.47 Å². The summed E-state index contributed by atoms with van der Waals surface area (Å²) in [7, 11) is 1.96. The molecule has 0 aliphatic heterocycles. The van der Waals surface area contributed by atoms with E-state index in [0.717, 1.165) is 6.54 Å². The lowest BCUT2D eigenvalue weighted by Crippen LogP contribution is -2.21. The first-order valence-electron chi connectivity index (χ1n) is 5.95. The fourth-order valence-corrected chi connectivity index (χ4v) is 2.32. The summed E-state index contributed by atoms with van der Waals surface area (Å²) in [6.45, 7) is 9.07. The molecule has 0 aromatic carbocycles. The first-order chi connectivity index (χ1) is 8.01. The largest absolute Gasteiger partial charge is 0.374 e. The fraction of sp³-hybridized carbons (Fsp3) is 0.692. The average molecular weight is 257 g/mol. The molecule has 98 valence electrons. The van der Waals surface area contributed by atoms with Crippen LogP contribution in [-0.2, 0) is 22.6 Å². The Hall–Kier alpha value is -0.420. The van der Waals surface area contributed by atoms with E-state index in [4.69, 9.17) is 9.47 Å². The minimum atomic E-state index is -0.0771. The van der Waals surface area contributed by atoms with Crippen molar-refractivity contribution in [1.29, 1.82) is 0 Å². The van der Waals surface area contributed by atoms with E-state index in [0.29, 0.717) is 19.8 Å². The van der Waals surface area contributed by atoms with Gasteiger partial charge in [0, 0.05) is 16.3 Å². The third kappa shape index (κ3) is 6.78. The summed E-state index contributed by atoms with van der Waals surface area (Å²) in [5.41, 5.74) is -0.0771. The number of rotatable bonds is 7. The van der Waals surface area contributed by atoms with Crippen molar-refractivity contribution in [2.45, 2.75) is 39.5 Å². The van der Waals surface area contributed by atoms with Crippen molar-refractivity contribution in [2.75, 3.05) is 20.3 Å². The van der Waals surface area contributed by atoms with E-state index in [1.807, 2.05) is 7.05 Å². The molecule has 0 saturated heterocycles. The second-order valence-electron chi connectivity index (χ2n) is 4.91. The second-order valence-corrected chi connectivity index (χ2v) is 6.16. The molecule has 0 unspecified atom stereocenters. The van der Waals surface area contributed by atoms with E-state index in [9.17, 15) is 0 Å². The van der Waals surface area contributed by atoms with Crippen LogP contribution in [-0.4, -0.2) is 25.9 Å². The Morgan fingerprint density at radius 2 is 1.88 bits per heavy atom. The summed E-state index contributed by atoms with van der Waals surface area (Å²) in [5, 5.41) is 3.14. The Morgan fingerprint density at radius 3 is 2.53 bits per heavy atom. The highest BCUT2D eigenvalue weighted by Crippen LogP contribution is 2.17. The summed E-state index contributed by atoms with van der Waals surface area (Å²) in [5.74, 6) is 0. The Morgan fingerprint density at radius 1 is 1.18 bits per heavy atom. The van der Waals surface area contributed by atoms with Gasteiger partial charge in [-0.1, -0.05) is 0 Å². The zero-order valence-electron chi connectivity index (χ0n) is 11.2. The maximum absolute atomic E-state index is 5.58. The molecule has 0 aliphatic carbocycles. The highest BCUT2D eigenvalue weighted by Gasteiger charge is 2.09. The van der Waals surface area contributed by atoms with Gasteiger partial charge in [0.1, 0.15) is 0 Å². The van der Waals surface area contributed by atoms with Gasteiger partial charge in [0.2, 0.25) is 0 Å². The molecule has 0 amide bonds. The van der Waals surface area contributed by atoms with Crippen LogP contribution in [0.15, 0.2) is 12.1 Å². The third-order valence-corrected chi connectivity index (χ3v) is 3.13. The van der Waals surface area contributed by atoms with Crippen molar-refractivity contribution in [3.05, 3.63) is 21.9 Å². The molecule has 3 nitrogen and oxygen atoms in total. The van der Waals surface area contributed by atoms with Gasteiger partial charge in [-0.25, -0.2) is 0 Å². The predicted molar refractivity (Wildman–Crippen MR) is 72.4 cm³/mol. The molecule has 4 heteroatoms. The quantitative estimate of drug-likeness (QED) is 0.762. The highest BCUT2D eigenvalue weighted by atomic mass is 32.1. The zero-order chi connectivity index (χ0) is 12.7. The van der Waals surface area contributed by atoms with Crippen LogP contribution in [0.25, 0.3) is 0 Å². The van der Waals surface area contributed by atoms with E-state index in [2.05, 4.69) is 38.2 Å². The maximum atomic E-state index is 5.58. The van der Waals surface area contributed by atoms with Crippen LogP contribution in [0.1, 0.15) is 30.5 Å². The standard InChI is InChI=1S/C13H23NO2S/c1-13(2,3)16-8-7-15-10-12-6-5-11(17-12)9-14-4/h5-6,14H,7-10H2,1-4H3. The van der Waals surface area contributed by atoms with E-state index >= 15 is 0 Å². The Kier molecular flexibility index (Phi) is 6.12. The molecule has 0 saturated carbocycles. The van der Waals surface area contributed by atoms with Gasteiger partial charge in [-0.05, 0) is 40.0 Å². The van der Waals surface area contributed by atoms with Crippen molar-refractivity contribution in [2.24, 2.45) is 0 Å². The monoisotopic (exact) mass is 257 g/mol. The molecule has 1 heterocycles. The highest BCUT2D eigenvalue weighted by molar-refractivity contribution is 7.11. The van der Waals surface area contributed by atoms with Crippen LogP contribution in [0.4, 0.5) is 0 Å². The molecule has 0 aliphatic rings. The van der Waals surface area contributed by atoms with Gasteiger partial charge in [0.25, 0.3) is 0 Å². The maximum Gasteiger partial charge on any atom is 0.0810 e. The SMILES string of the molecule is CNCc1ccc(COCCOC(C)(C)C)s1. The smallest absolute Gasteiger partial charge is 0.0810 e. The molecule has 1 aromatic rings. The van der Waals surface area contributed by atoms with Gasteiger partial charge in [-0.3, -0.25) is 0 Å². The molecular weight excluding hydrogens is 234 g/mol. The summed E-state index contributed by atoms with van der Waals surface area (Å²) in [6, 6.07) is 4.27. The first kappa shape index (κ1) is 14.6. The van der Waals surface area contributed by atoms with E-state index in [1.54, 1.807) is 11.3 Å². The molecule has 1 aromatic heterocycles. The molecule has 0 bridgehead atoms. The van der Waals surface area contributed by atoms with Crippen LogP contribution in [0.2, 0.25) is 0 Å². The van der Waals surface area contributed by atoms with Gasteiger partial charge >= 0.3 is 0 Å². The lowest BCUT2D eigenvalue weighted by molar-refractivity contribution is -0.0373. The van der Waals surface area contributed by atoms with Gasteiger partial charge in [0.15, 0.2) is 0 Å². The van der Waals surface area contributed by atoms with Crippen molar-refractivity contribution in [3.8, 4) is 0 Å². The summed E-state index contributed by atoms with van der Waals surface area (Å²) >= 11 is 1.79. The Labute approximate surface area is 108 Å². The third-order valence-electron chi connectivity index (χ3n) is 2.08. The van der Waals surface area contributed by atoms with Crippen LogP contribution in [0.5, 0.6) is 0 Å². The number of thiophene rings is 1. The molecule has 0 radical (unpaired) electrons. The second kappa shape index (κ2) is 7.11. The number of nitrogens with one attached hydrogen (secondary N) is 1. The van der Waals surface area contributed by atoms with E-state index < -0.39 is 0 Å². The van der Waals surface area contributed by atoms with Crippen LogP contribution >= 0.6 is 11.3 Å². The van der Waals surface area contributed by atoms with Crippen LogP contribution in [0.3, 0.4) is 0 Å². The van der Waals surface area contributed by atoms with Gasteiger partial charge in [-0.2, -0.15) is 0 Å². The fourth-order valence-electron chi connectivity index (χ4n) is 1.35. The Bertz CT molecular complexity index is 317. The Balaban J connectivity index is 2.13. The van der Waals surface area contributed by atoms with E-state index in [1.165, 1.54) is 9.75 Å². The topological polar surface area (TPSA) is 30.5 Å². The molecule has 17 heavy (non-hydrogen) atoms. The van der Waals surface area contributed by atoms with Crippen LogP contribution in [0, 0.1) is 0 Å². The van der Waals surface area contributed by atoms with Gasteiger partial charge in [0.05, 0.1) is 25.4 Å². The van der Waals surface area contributed by atoms with Crippen molar-refractivity contribution >= 4 is 11.3 Å². The number of hydrogen-bond acceptors (Lipinski definition) is 4. The lowest BCUT2D eigenvalue weighted by atomic mass is 10.2. The zero-order valence-corrected chi connectivity index (χ0v) is 12.0. The number of ether oxygens (including phenoxy) is 2. The van der Waals surface area contributed by atoms with Gasteiger partial charge < -0.3 is 14.8 Å². The average Bonchev–Trinajstić information content (AvgIpc) is 2.64. The summed E-state index contributed by atoms with van der Waals surface area (Å²) < 4.78 is 11.2. The summed E-state index contributed by atoms with van der Waals surface area (Å²) in [4.78, 5) is 2.61. The molecule has 0 fully saturated rings. The molecule has 0 spiro atoms. The van der Waals surface area contributed by atoms with Crippen LogP contribution < -0.4 is 5.32 Å².